The van der Waals surface area contributed by atoms with Gasteiger partial charge in [0.25, 0.3) is 0 Å². The molecule has 0 amide bonds. The average Bonchev–Trinajstić information content (AvgIpc) is 3.16. The number of carbonyl (C=O) groups is 1. The van der Waals surface area contributed by atoms with Crippen molar-refractivity contribution >= 4 is 38.0 Å². The predicted molar refractivity (Wildman–Crippen MR) is 109 cm³/mol. The van der Waals surface area contributed by atoms with Crippen LogP contribution in [0.15, 0.2) is 12.1 Å². The molecular weight excluding hydrogens is 348 g/mol. The molecule has 2 heterocycles. The first-order chi connectivity index (χ1) is 12.2. The summed E-state index contributed by atoms with van der Waals surface area (Å²) in [5.74, 6) is 0.734. The first-order valence-corrected chi connectivity index (χ1v) is 11.6. The molecule has 3 rings (SSSR count). The van der Waals surface area contributed by atoms with Crippen molar-refractivity contribution in [1.82, 2.24) is 0 Å². The number of rotatable bonds is 8. The van der Waals surface area contributed by atoms with Crippen molar-refractivity contribution in [2.24, 2.45) is 5.92 Å². The molecule has 0 unspecified atom stereocenters. The Kier molecular flexibility index (Phi) is 6.94. The molecule has 2 aromatic rings. The summed E-state index contributed by atoms with van der Waals surface area (Å²) in [7, 11) is 0. The molecule has 0 N–H and O–H groups in total. The van der Waals surface area contributed by atoms with Crippen molar-refractivity contribution < 1.29 is 9.53 Å². The molecule has 0 radical (unpaired) electrons. The fourth-order valence-corrected chi connectivity index (χ4v) is 6.16. The van der Waals surface area contributed by atoms with Gasteiger partial charge in [0, 0.05) is 14.3 Å². The molecule has 1 aliphatic carbocycles. The van der Waals surface area contributed by atoms with Gasteiger partial charge in [-0.3, -0.25) is 0 Å². The molecule has 0 aromatic carbocycles. The van der Waals surface area contributed by atoms with Crippen LogP contribution in [0.3, 0.4) is 0 Å². The lowest BCUT2D eigenvalue weighted by Gasteiger charge is -2.27. The van der Waals surface area contributed by atoms with Crippen LogP contribution in [0.25, 0.3) is 9.40 Å². The Bertz CT molecular complexity index is 646. The molecular formula is C21H30O2S2. The van der Waals surface area contributed by atoms with Crippen LogP contribution in [-0.4, -0.2) is 12.1 Å². The van der Waals surface area contributed by atoms with Crippen molar-refractivity contribution in [3.05, 3.63) is 21.9 Å². The molecule has 1 aliphatic rings. The number of hydrogen-bond acceptors (Lipinski definition) is 4. The van der Waals surface area contributed by atoms with Gasteiger partial charge in [0.1, 0.15) is 11.0 Å². The third-order valence-electron chi connectivity index (χ3n) is 5.25. The number of aryl methyl sites for hydroxylation is 1. The van der Waals surface area contributed by atoms with Crippen molar-refractivity contribution in [2.45, 2.75) is 84.2 Å². The molecule has 1 saturated carbocycles. The summed E-state index contributed by atoms with van der Waals surface area (Å²) in [6, 6.07) is 4.31. The number of thiophene rings is 2. The number of unbranched alkanes of at least 4 members (excludes halogenated alkanes) is 2. The average molecular weight is 379 g/mol. The highest BCUT2D eigenvalue weighted by Crippen LogP contribution is 2.35. The maximum atomic E-state index is 12.5. The molecule has 4 heteroatoms. The molecule has 2 aromatic heterocycles. The maximum Gasteiger partial charge on any atom is 0.348 e. The largest absolute Gasteiger partial charge is 0.458 e. The van der Waals surface area contributed by atoms with Gasteiger partial charge < -0.3 is 4.74 Å². The summed E-state index contributed by atoms with van der Waals surface area (Å²) in [4.78, 5) is 14.7. The fraction of sp³-hybridized carbons (Fsp3) is 0.667. The van der Waals surface area contributed by atoms with Crippen molar-refractivity contribution in [2.75, 3.05) is 0 Å². The monoisotopic (exact) mass is 378 g/mol. The quantitative estimate of drug-likeness (QED) is 0.358. The van der Waals surface area contributed by atoms with Gasteiger partial charge in [-0.25, -0.2) is 4.79 Å². The smallest absolute Gasteiger partial charge is 0.348 e. The summed E-state index contributed by atoms with van der Waals surface area (Å²) in [5.41, 5.74) is 0. The third-order valence-corrected chi connectivity index (χ3v) is 7.58. The minimum absolute atomic E-state index is 0.111. The summed E-state index contributed by atoms with van der Waals surface area (Å²) in [6.45, 7) is 4.49. The van der Waals surface area contributed by atoms with Gasteiger partial charge in [-0.05, 0) is 56.6 Å². The first-order valence-electron chi connectivity index (χ1n) is 9.92. The van der Waals surface area contributed by atoms with E-state index in [4.69, 9.17) is 4.74 Å². The van der Waals surface area contributed by atoms with E-state index in [1.807, 2.05) is 17.4 Å². The van der Waals surface area contributed by atoms with E-state index in [0.29, 0.717) is 0 Å². The standard InChI is InChI=1S/C21H30O2S2/c1-3-5-6-8-17-13-18-19(24-17)14-20(25-18)21(22)23-16-11-9-15(7-4-2)10-12-16/h13-16H,3-12H2,1-2H3. The topological polar surface area (TPSA) is 26.3 Å². The van der Waals surface area contributed by atoms with Crippen LogP contribution in [-0.2, 0) is 11.2 Å². The Morgan fingerprint density at radius 1 is 1.04 bits per heavy atom. The Labute approximate surface area is 159 Å². The summed E-state index contributed by atoms with van der Waals surface area (Å²) >= 11 is 3.44. The molecule has 2 nitrogen and oxygen atoms in total. The van der Waals surface area contributed by atoms with E-state index in [1.165, 1.54) is 65.6 Å². The SMILES string of the molecule is CCCCCc1cc2sc(C(=O)OC3CCC(CCC)CC3)cc2s1. The van der Waals surface area contributed by atoms with Gasteiger partial charge in [-0.1, -0.05) is 39.5 Å². The highest BCUT2D eigenvalue weighted by atomic mass is 32.1. The second kappa shape index (κ2) is 9.18. The molecule has 0 saturated heterocycles. The van der Waals surface area contributed by atoms with E-state index >= 15 is 0 Å². The van der Waals surface area contributed by atoms with Crippen LogP contribution in [0, 0.1) is 5.92 Å². The second-order valence-electron chi connectivity index (χ2n) is 7.35. The number of carbonyl (C=O) groups excluding carboxylic acids is 1. The summed E-state index contributed by atoms with van der Waals surface area (Å²) in [5, 5.41) is 0. The van der Waals surface area contributed by atoms with Gasteiger partial charge in [-0.2, -0.15) is 0 Å². The molecule has 0 aliphatic heterocycles. The molecule has 0 atom stereocenters. The van der Waals surface area contributed by atoms with Crippen LogP contribution in [0.5, 0.6) is 0 Å². The number of esters is 1. The highest BCUT2D eigenvalue weighted by Gasteiger charge is 2.24. The van der Waals surface area contributed by atoms with Crippen LogP contribution in [0.1, 0.15) is 86.2 Å². The lowest BCUT2D eigenvalue weighted by atomic mass is 9.85. The van der Waals surface area contributed by atoms with E-state index in [9.17, 15) is 4.79 Å². The van der Waals surface area contributed by atoms with Gasteiger partial charge in [0.15, 0.2) is 0 Å². The highest BCUT2D eigenvalue weighted by molar-refractivity contribution is 7.28. The second-order valence-corrected chi connectivity index (χ2v) is 9.60. The Morgan fingerprint density at radius 3 is 2.48 bits per heavy atom. The molecule has 138 valence electrons. The Morgan fingerprint density at radius 2 is 1.80 bits per heavy atom. The van der Waals surface area contributed by atoms with E-state index in [1.54, 1.807) is 11.3 Å². The van der Waals surface area contributed by atoms with Crippen molar-refractivity contribution in [3.8, 4) is 0 Å². The van der Waals surface area contributed by atoms with Crippen LogP contribution in [0.2, 0.25) is 0 Å². The molecule has 0 spiro atoms. The summed E-state index contributed by atoms with van der Waals surface area (Å²) in [6.07, 6.45) is 12.2. The zero-order valence-corrected chi connectivity index (χ0v) is 17.1. The summed E-state index contributed by atoms with van der Waals surface area (Å²) < 4.78 is 8.28. The van der Waals surface area contributed by atoms with Crippen LogP contribution >= 0.6 is 22.7 Å². The number of hydrogen-bond donors (Lipinski definition) is 0. The molecule has 0 bridgehead atoms. The van der Waals surface area contributed by atoms with Crippen LogP contribution < -0.4 is 0 Å². The lowest BCUT2D eigenvalue weighted by molar-refractivity contribution is 0.0167. The van der Waals surface area contributed by atoms with Crippen molar-refractivity contribution in [3.63, 3.8) is 0 Å². The molecule has 25 heavy (non-hydrogen) atoms. The van der Waals surface area contributed by atoms with Gasteiger partial charge >= 0.3 is 5.97 Å². The maximum absolute atomic E-state index is 12.5. The zero-order chi connectivity index (χ0) is 17.6. The zero-order valence-electron chi connectivity index (χ0n) is 15.5. The van der Waals surface area contributed by atoms with Gasteiger partial charge in [-0.15, -0.1) is 22.7 Å². The normalized spacial score (nSPS) is 20.9. The minimum atomic E-state index is -0.111. The number of ether oxygens (including phenoxy) is 1. The van der Waals surface area contributed by atoms with E-state index in [2.05, 4.69) is 19.9 Å². The number of fused-ring (bicyclic) bond motifs is 1. The van der Waals surface area contributed by atoms with E-state index < -0.39 is 0 Å². The van der Waals surface area contributed by atoms with Gasteiger partial charge in [0.2, 0.25) is 0 Å². The van der Waals surface area contributed by atoms with Gasteiger partial charge in [0.05, 0.1) is 0 Å². The van der Waals surface area contributed by atoms with Crippen molar-refractivity contribution in [1.29, 1.82) is 0 Å². The Hall–Kier alpha value is -0.870. The predicted octanol–water partition coefficient (Wildman–Crippen LogP) is 7.21. The van der Waals surface area contributed by atoms with E-state index in [-0.39, 0.29) is 12.1 Å². The lowest BCUT2D eigenvalue weighted by Crippen LogP contribution is -2.24. The fourth-order valence-electron chi connectivity index (χ4n) is 3.81. The first kappa shape index (κ1) is 18.9. The molecule has 1 fully saturated rings. The Balaban J connectivity index is 1.53. The van der Waals surface area contributed by atoms with E-state index in [0.717, 1.165) is 23.6 Å². The third kappa shape index (κ3) is 5.07. The minimum Gasteiger partial charge on any atom is -0.458 e. The van der Waals surface area contributed by atoms with Crippen LogP contribution in [0.4, 0.5) is 0 Å².